The van der Waals surface area contributed by atoms with Crippen LogP contribution in [0.1, 0.15) is 40.7 Å². The molecule has 0 aromatic heterocycles. The van der Waals surface area contributed by atoms with Gasteiger partial charge in [-0.2, -0.15) is 4.31 Å². The molecule has 5 nitrogen and oxygen atoms in total. The molecule has 0 saturated carbocycles. The summed E-state index contributed by atoms with van der Waals surface area (Å²) >= 11 is 0. The van der Waals surface area contributed by atoms with Gasteiger partial charge in [-0.25, -0.2) is 13.2 Å². The average molecular weight is 297 g/mol. The molecule has 2 rings (SSSR count). The molecule has 0 amide bonds. The quantitative estimate of drug-likeness (QED) is 0.928. The molecule has 1 aromatic rings. The van der Waals surface area contributed by atoms with E-state index in [1.807, 2.05) is 0 Å². The lowest BCUT2D eigenvalue weighted by atomic mass is 10.1. The van der Waals surface area contributed by atoms with Crippen LogP contribution in [0.4, 0.5) is 0 Å². The van der Waals surface area contributed by atoms with E-state index in [2.05, 4.69) is 0 Å². The Morgan fingerprint density at radius 1 is 1.10 bits per heavy atom. The lowest BCUT2D eigenvalue weighted by Crippen LogP contribution is -2.36. The van der Waals surface area contributed by atoms with Crippen molar-refractivity contribution in [3.05, 3.63) is 28.8 Å². The highest BCUT2D eigenvalue weighted by atomic mass is 32.2. The number of hydrogen-bond acceptors (Lipinski definition) is 3. The first-order valence-electron chi connectivity index (χ1n) is 6.68. The van der Waals surface area contributed by atoms with Crippen LogP contribution in [0.3, 0.4) is 0 Å². The van der Waals surface area contributed by atoms with Crippen molar-refractivity contribution in [3.8, 4) is 0 Å². The Labute approximate surface area is 119 Å². The topological polar surface area (TPSA) is 74.7 Å². The highest BCUT2D eigenvalue weighted by Crippen LogP contribution is 2.26. The largest absolute Gasteiger partial charge is 0.478 e. The molecule has 0 aliphatic carbocycles. The van der Waals surface area contributed by atoms with Gasteiger partial charge in [0.1, 0.15) is 0 Å². The van der Waals surface area contributed by atoms with E-state index in [1.165, 1.54) is 10.4 Å². The van der Waals surface area contributed by atoms with Crippen molar-refractivity contribution in [2.45, 2.75) is 38.0 Å². The van der Waals surface area contributed by atoms with Crippen molar-refractivity contribution in [3.63, 3.8) is 0 Å². The monoisotopic (exact) mass is 297 g/mol. The highest BCUT2D eigenvalue weighted by Gasteiger charge is 2.28. The van der Waals surface area contributed by atoms with Gasteiger partial charge in [0.15, 0.2) is 0 Å². The van der Waals surface area contributed by atoms with Gasteiger partial charge in [0, 0.05) is 13.1 Å². The van der Waals surface area contributed by atoms with Gasteiger partial charge in [-0.1, -0.05) is 12.5 Å². The standard InChI is InChI=1S/C14H19NO4S/c1-10-8-11(2)13(9-12(10)14(16)17)20(18,19)15-6-4-3-5-7-15/h8-9H,3-7H2,1-2H3,(H,16,17). The van der Waals surface area contributed by atoms with Crippen molar-refractivity contribution in [1.29, 1.82) is 0 Å². The molecule has 1 aromatic carbocycles. The molecule has 1 aliphatic heterocycles. The number of carboxylic acids is 1. The normalized spacial score (nSPS) is 17.1. The van der Waals surface area contributed by atoms with Crippen LogP contribution in [0, 0.1) is 13.8 Å². The third-order valence-corrected chi connectivity index (χ3v) is 5.73. The van der Waals surface area contributed by atoms with Gasteiger partial charge in [-0.05, 0) is 43.9 Å². The Bertz CT molecular complexity index is 631. The van der Waals surface area contributed by atoms with Crippen LogP contribution in [-0.2, 0) is 10.0 Å². The summed E-state index contributed by atoms with van der Waals surface area (Å²) < 4.78 is 26.7. The molecule has 0 atom stereocenters. The van der Waals surface area contributed by atoms with Crippen molar-refractivity contribution < 1.29 is 18.3 Å². The number of hydrogen-bond donors (Lipinski definition) is 1. The number of aromatic carboxylic acids is 1. The summed E-state index contributed by atoms with van der Waals surface area (Å²) in [6, 6.07) is 2.91. The lowest BCUT2D eigenvalue weighted by molar-refractivity contribution is 0.0696. The smallest absolute Gasteiger partial charge is 0.335 e. The molecule has 0 radical (unpaired) electrons. The summed E-state index contributed by atoms with van der Waals surface area (Å²) in [5.41, 5.74) is 1.22. The van der Waals surface area contributed by atoms with E-state index < -0.39 is 16.0 Å². The summed E-state index contributed by atoms with van der Waals surface area (Å²) in [5.74, 6) is -1.10. The highest BCUT2D eigenvalue weighted by molar-refractivity contribution is 7.89. The minimum atomic E-state index is -3.60. The molecule has 1 N–H and O–H groups in total. The molecule has 110 valence electrons. The van der Waals surface area contributed by atoms with Crippen LogP contribution in [0.25, 0.3) is 0 Å². The van der Waals surface area contributed by atoms with E-state index in [1.54, 1.807) is 19.9 Å². The van der Waals surface area contributed by atoms with Crippen molar-refractivity contribution >= 4 is 16.0 Å². The van der Waals surface area contributed by atoms with Crippen LogP contribution >= 0.6 is 0 Å². The summed E-state index contributed by atoms with van der Waals surface area (Å²) in [4.78, 5) is 11.3. The molecule has 1 aliphatic rings. The number of carboxylic acid groups (broad SMARTS) is 1. The second-order valence-electron chi connectivity index (χ2n) is 5.20. The first-order valence-corrected chi connectivity index (χ1v) is 8.12. The number of carbonyl (C=O) groups is 1. The fourth-order valence-electron chi connectivity index (χ4n) is 2.59. The second kappa shape index (κ2) is 5.54. The molecular weight excluding hydrogens is 278 g/mol. The van der Waals surface area contributed by atoms with Crippen LogP contribution in [-0.4, -0.2) is 36.9 Å². The van der Waals surface area contributed by atoms with Gasteiger partial charge in [0.05, 0.1) is 10.5 Å². The minimum Gasteiger partial charge on any atom is -0.478 e. The SMILES string of the molecule is Cc1cc(C)c(S(=O)(=O)N2CCCCC2)cc1C(=O)O. The molecule has 6 heteroatoms. The van der Waals surface area contributed by atoms with Gasteiger partial charge >= 0.3 is 5.97 Å². The predicted molar refractivity (Wildman–Crippen MR) is 75.5 cm³/mol. The number of nitrogens with zero attached hydrogens (tertiary/aromatic N) is 1. The minimum absolute atomic E-state index is 0.0474. The Kier molecular flexibility index (Phi) is 4.15. The Morgan fingerprint density at radius 3 is 2.25 bits per heavy atom. The summed E-state index contributed by atoms with van der Waals surface area (Å²) in [6.07, 6.45) is 2.76. The van der Waals surface area contributed by atoms with Crippen molar-refractivity contribution in [2.75, 3.05) is 13.1 Å². The maximum Gasteiger partial charge on any atom is 0.335 e. The number of benzene rings is 1. The van der Waals surface area contributed by atoms with E-state index in [4.69, 9.17) is 5.11 Å². The van der Waals surface area contributed by atoms with Gasteiger partial charge < -0.3 is 5.11 Å². The van der Waals surface area contributed by atoms with E-state index in [0.717, 1.165) is 19.3 Å². The Morgan fingerprint density at radius 2 is 1.70 bits per heavy atom. The van der Waals surface area contributed by atoms with Crippen LogP contribution in [0.5, 0.6) is 0 Å². The number of aryl methyl sites for hydroxylation is 2. The zero-order valence-corrected chi connectivity index (χ0v) is 12.5. The zero-order valence-electron chi connectivity index (χ0n) is 11.7. The summed E-state index contributed by atoms with van der Waals surface area (Å²) in [7, 11) is -3.60. The predicted octanol–water partition coefficient (Wildman–Crippen LogP) is 2.18. The average Bonchev–Trinajstić information content (AvgIpc) is 2.39. The molecule has 1 fully saturated rings. The van der Waals surface area contributed by atoms with Gasteiger partial charge in [-0.15, -0.1) is 0 Å². The zero-order chi connectivity index (χ0) is 14.9. The first-order chi connectivity index (χ1) is 9.34. The van der Waals surface area contributed by atoms with Gasteiger partial charge in [0.25, 0.3) is 0 Å². The van der Waals surface area contributed by atoms with E-state index in [9.17, 15) is 13.2 Å². The Balaban J connectivity index is 2.50. The maximum atomic E-state index is 12.6. The Hall–Kier alpha value is -1.40. The van der Waals surface area contributed by atoms with E-state index in [-0.39, 0.29) is 10.5 Å². The molecular formula is C14H19NO4S. The molecule has 20 heavy (non-hydrogen) atoms. The van der Waals surface area contributed by atoms with Crippen molar-refractivity contribution in [2.24, 2.45) is 0 Å². The third-order valence-electron chi connectivity index (χ3n) is 3.69. The third kappa shape index (κ3) is 2.71. The van der Waals surface area contributed by atoms with Crippen LogP contribution in [0.15, 0.2) is 17.0 Å². The molecule has 1 saturated heterocycles. The van der Waals surface area contributed by atoms with Crippen LogP contribution < -0.4 is 0 Å². The van der Waals surface area contributed by atoms with Gasteiger partial charge in [0.2, 0.25) is 10.0 Å². The van der Waals surface area contributed by atoms with Crippen molar-refractivity contribution in [1.82, 2.24) is 4.31 Å². The fraction of sp³-hybridized carbons (Fsp3) is 0.500. The molecule has 0 spiro atoms. The van der Waals surface area contributed by atoms with E-state index in [0.29, 0.717) is 24.2 Å². The first kappa shape index (κ1) is 15.0. The van der Waals surface area contributed by atoms with E-state index >= 15 is 0 Å². The van der Waals surface area contributed by atoms with Gasteiger partial charge in [-0.3, -0.25) is 0 Å². The fourth-order valence-corrected chi connectivity index (χ4v) is 4.33. The van der Waals surface area contributed by atoms with Crippen LogP contribution in [0.2, 0.25) is 0 Å². The lowest BCUT2D eigenvalue weighted by Gasteiger charge is -2.26. The number of rotatable bonds is 3. The number of sulfonamides is 1. The number of piperidine rings is 1. The molecule has 0 bridgehead atoms. The second-order valence-corrected chi connectivity index (χ2v) is 7.11. The summed E-state index contributed by atoms with van der Waals surface area (Å²) in [6.45, 7) is 4.40. The molecule has 1 heterocycles. The maximum absolute atomic E-state index is 12.6. The molecule has 0 unspecified atom stereocenters. The summed E-state index contributed by atoms with van der Waals surface area (Å²) in [5, 5.41) is 9.15.